The van der Waals surface area contributed by atoms with Crippen LogP contribution in [0.15, 0.2) is 30.3 Å². The third-order valence-corrected chi connectivity index (χ3v) is 6.83. The number of amides is 5. The third kappa shape index (κ3) is 6.39. The Morgan fingerprint density at radius 2 is 1.79 bits per heavy atom. The first kappa shape index (κ1) is 28.4. The lowest BCUT2D eigenvalue weighted by Crippen LogP contribution is -2.81. The van der Waals surface area contributed by atoms with E-state index in [1.807, 2.05) is 30.3 Å². The van der Waals surface area contributed by atoms with Crippen LogP contribution < -0.4 is 32.3 Å². The summed E-state index contributed by atoms with van der Waals surface area (Å²) in [6, 6.07) is 7.22. The van der Waals surface area contributed by atoms with Gasteiger partial charge in [0.15, 0.2) is 5.96 Å². The van der Waals surface area contributed by atoms with Crippen LogP contribution in [0, 0.1) is 5.41 Å². The van der Waals surface area contributed by atoms with Crippen LogP contribution in [0.2, 0.25) is 0 Å². The topological polar surface area (TPSA) is 199 Å². The van der Waals surface area contributed by atoms with E-state index in [1.54, 1.807) is 13.8 Å². The lowest BCUT2D eigenvalue weighted by atomic mass is 9.78. The number of carbonyl (C=O) groups is 5. The number of nitrogens with one attached hydrogen (secondary N) is 6. The van der Waals surface area contributed by atoms with E-state index in [0.717, 1.165) is 5.56 Å². The number of guanidine groups is 1. The average Bonchev–Trinajstić information content (AvgIpc) is 2.86. The van der Waals surface area contributed by atoms with Crippen LogP contribution in [0.1, 0.15) is 39.2 Å². The van der Waals surface area contributed by atoms with E-state index in [1.165, 1.54) is 11.8 Å². The van der Waals surface area contributed by atoms with Crippen LogP contribution in [0.3, 0.4) is 0 Å². The Kier molecular flexibility index (Phi) is 8.59. The largest absolute Gasteiger partial charge is 0.370 e. The van der Waals surface area contributed by atoms with Crippen molar-refractivity contribution in [3.63, 3.8) is 0 Å². The smallest absolute Gasteiger partial charge is 0.251 e. The van der Waals surface area contributed by atoms with Crippen molar-refractivity contribution < 1.29 is 24.0 Å². The molecule has 3 aliphatic heterocycles. The predicted molar refractivity (Wildman–Crippen MR) is 139 cm³/mol. The first-order valence-corrected chi connectivity index (χ1v) is 12.5. The Morgan fingerprint density at radius 1 is 1.11 bits per heavy atom. The molecule has 5 amide bonds. The Hall–Kier alpha value is -4.16. The van der Waals surface area contributed by atoms with Crippen molar-refractivity contribution >= 4 is 35.5 Å². The molecular weight excluding hydrogens is 492 g/mol. The van der Waals surface area contributed by atoms with Gasteiger partial charge in [-0.1, -0.05) is 30.3 Å². The van der Waals surface area contributed by atoms with Crippen LogP contribution in [-0.4, -0.2) is 83.2 Å². The van der Waals surface area contributed by atoms with E-state index in [-0.39, 0.29) is 25.3 Å². The first-order valence-electron chi connectivity index (χ1n) is 12.5. The molecule has 3 atom stereocenters. The van der Waals surface area contributed by atoms with Gasteiger partial charge in [-0.15, -0.1) is 0 Å². The fourth-order valence-corrected chi connectivity index (χ4v) is 4.49. The van der Waals surface area contributed by atoms with Gasteiger partial charge in [-0.25, -0.2) is 0 Å². The number of benzene rings is 1. The molecule has 1 aromatic carbocycles. The van der Waals surface area contributed by atoms with Crippen LogP contribution in [0.25, 0.3) is 0 Å². The van der Waals surface area contributed by atoms with Gasteiger partial charge >= 0.3 is 0 Å². The summed E-state index contributed by atoms with van der Waals surface area (Å²) in [6.07, 6.45) is 0.792. The quantitative estimate of drug-likeness (QED) is 0.0734. The zero-order valence-corrected chi connectivity index (χ0v) is 21.8. The lowest BCUT2D eigenvalue weighted by molar-refractivity contribution is -0.169. The fraction of sp³-hybridized carbons (Fsp3) is 0.520. The molecule has 1 unspecified atom stereocenters. The number of fused-ring (bicyclic) bond motifs is 11. The van der Waals surface area contributed by atoms with E-state index in [0.29, 0.717) is 13.0 Å². The van der Waals surface area contributed by atoms with E-state index in [2.05, 4.69) is 26.6 Å². The van der Waals surface area contributed by atoms with Gasteiger partial charge < -0.3 is 37.2 Å². The number of nitrogens with two attached hydrogens (primary N) is 1. The standard InChI is InChI=1S/C25H36N8O5/c1-15-19(35)32-25(12-16-8-5-4-6-9-16)14-33(22(25)38)24(2,3)21(37)31-17(10-7-11-28-23(26)27)20(36)29-13-18(34)30-15/h4-6,8-9,15,17H,7,10-14H2,1-3H3,(H,29,36)(H,30,34)(H,31,37)(H,32,35)(H4,26,27,28)/t15-,17-,25?/m0/s1. The number of rotatable bonds is 6. The summed E-state index contributed by atoms with van der Waals surface area (Å²) in [5, 5.41) is 20.4. The summed E-state index contributed by atoms with van der Waals surface area (Å²) >= 11 is 0. The van der Waals surface area contributed by atoms with Gasteiger partial charge in [-0.3, -0.25) is 29.4 Å². The van der Waals surface area contributed by atoms with Crippen molar-refractivity contribution in [2.75, 3.05) is 19.6 Å². The highest BCUT2D eigenvalue weighted by molar-refractivity contribution is 6.03. The van der Waals surface area contributed by atoms with E-state index < -0.39 is 59.2 Å². The molecule has 206 valence electrons. The molecule has 0 radical (unpaired) electrons. The molecule has 0 aliphatic carbocycles. The minimum absolute atomic E-state index is 0.0624. The van der Waals surface area contributed by atoms with Crippen LogP contribution in [0.4, 0.5) is 0 Å². The minimum Gasteiger partial charge on any atom is -0.370 e. The number of carbonyl (C=O) groups excluding carboxylic acids is 5. The Labute approximate surface area is 221 Å². The molecular formula is C25H36N8O5. The summed E-state index contributed by atoms with van der Waals surface area (Å²) in [4.78, 5) is 66.7. The van der Waals surface area contributed by atoms with E-state index in [9.17, 15) is 24.0 Å². The monoisotopic (exact) mass is 528 g/mol. The molecule has 3 saturated heterocycles. The molecule has 0 aromatic heterocycles. The highest BCUT2D eigenvalue weighted by Crippen LogP contribution is 2.34. The Balaban J connectivity index is 1.89. The second-order valence-electron chi connectivity index (χ2n) is 10.2. The summed E-state index contributed by atoms with van der Waals surface area (Å²) in [5.41, 5.74) is 3.49. The molecule has 2 bridgehead atoms. The SMILES string of the molecule is C[C@@H]1NC(=O)CNC(=O)[C@H](CCCNC(=N)N)NC(=O)C(C)(C)N2CC(Cc3ccccc3)(NC1=O)C2=O. The van der Waals surface area contributed by atoms with Gasteiger partial charge in [0, 0.05) is 13.0 Å². The first-order chi connectivity index (χ1) is 17.9. The van der Waals surface area contributed by atoms with Gasteiger partial charge in [0.1, 0.15) is 23.2 Å². The normalized spacial score (nSPS) is 26.0. The zero-order valence-electron chi connectivity index (χ0n) is 21.8. The molecule has 3 fully saturated rings. The van der Waals surface area contributed by atoms with Crippen molar-refractivity contribution in [3.8, 4) is 0 Å². The van der Waals surface area contributed by atoms with Crippen LogP contribution in [-0.2, 0) is 30.4 Å². The van der Waals surface area contributed by atoms with Gasteiger partial charge in [0.25, 0.3) is 5.91 Å². The number of β-lactam (4-membered cyclic amide) rings is 1. The van der Waals surface area contributed by atoms with Gasteiger partial charge in [0.05, 0.1) is 13.1 Å². The average molecular weight is 529 g/mol. The molecule has 8 N–H and O–H groups in total. The summed E-state index contributed by atoms with van der Waals surface area (Å²) in [7, 11) is 0. The Morgan fingerprint density at radius 3 is 2.42 bits per heavy atom. The predicted octanol–water partition coefficient (Wildman–Crippen LogP) is -1.91. The van der Waals surface area contributed by atoms with Gasteiger partial charge in [0.2, 0.25) is 23.6 Å². The zero-order chi connectivity index (χ0) is 28.1. The van der Waals surface area contributed by atoms with Crippen molar-refractivity contribution in [1.82, 2.24) is 31.5 Å². The van der Waals surface area contributed by atoms with Crippen molar-refractivity contribution in [3.05, 3.63) is 35.9 Å². The fourth-order valence-electron chi connectivity index (χ4n) is 4.49. The highest BCUT2D eigenvalue weighted by Gasteiger charge is 2.59. The third-order valence-electron chi connectivity index (χ3n) is 6.83. The van der Waals surface area contributed by atoms with Crippen LogP contribution in [0.5, 0.6) is 0 Å². The molecule has 13 nitrogen and oxygen atoms in total. The summed E-state index contributed by atoms with van der Waals surface area (Å²) in [6.45, 7) is 4.60. The van der Waals surface area contributed by atoms with E-state index >= 15 is 0 Å². The molecule has 3 heterocycles. The molecule has 4 rings (SSSR count). The van der Waals surface area contributed by atoms with Crippen molar-refractivity contribution in [2.45, 2.75) is 63.2 Å². The Bertz CT molecular complexity index is 1110. The molecule has 13 heteroatoms. The summed E-state index contributed by atoms with van der Waals surface area (Å²) < 4.78 is 0. The maximum absolute atomic E-state index is 13.7. The minimum atomic E-state index is -1.34. The molecule has 3 aliphatic rings. The number of nitrogens with zero attached hydrogens (tertiary/aromatic N) is 1. The molecule has 0 saturated carbocycles. The van der Waals surface area contributed by atoms with Crippen LogP contribution >= 0.6 is 0 Å². The number of hydrogen-bond acceptors (Lipinski definition) is 6. The molecule has 1 aromatic rings. The summed E-state index contributed by atoms with van der Waals surface area (Å²) in [5.74, 6) is -2.95. The molecule has 38 heavy (non-hydrogen) atoms. The molecule has 0 spiro atoms. The maximum Gasteiger partial charge on any atom is 0.251 e. The maximum atomic E-state index is 13.7. The second-order valence-corrected chi connectivity index (χ2v) is 10.2. The van der Waals surface area contributed by atoms with Gasteiger partial charge in [-0.05, 0) is 39.2 Å². The lowest BCUT2D eigenvalue weighted by Gasteiger charge is -2.55. The highest BCUT2D eigenvalue weighted by atomic mass is 16.2. The van der Waals surface area contributed by atoms with Gasteiger partial charge in [-0.2, -0.15) is 0 Å². The number of hydrogen-bond donors (Lipinski definition) is 7. The van der Waals surface area contributed by atoms with E-state index in [4.69, 9.17) is 11.1 Å². The van der Waals surface area contributed by atoms with Crippen molar-refractivity contribution in [1.29, 1.82) is 5.41 Å². The van der Waals surface area contributed by atoms with Crippen molar-refractivity contribution in [2.24, 2.45) is 5.73 Å². The second kappa shape index (κ2) is 11.5.